The zero-order chi connectivity index (χ0) is 25.8. The smallest absolute Gasteiger partial charge is 0.328 e. The zero-order valence-electron chi connectivity index (χ0n) is 21.0. The highest BCUT2D eigenvalue weighted by Gasteiger charge is 2.47. The average Bonchev–Trinajstić information content (AvgIpc) is 2.84. The summed E-state index contributed by atoms with van der Waals surface area (Å²) >= 11 is 11.6. The number of halogens is 2. The van der Waals surface area contributed by atoms with Crippen molar-refractivity contribution in [2.24, 2.45) is 5.41 Å². The Hall–Kier alpha value is -2.30. The number of amides is 1. The van der Waals surface area contributed by atoms with E-state index in [1.807, 2.05) is 68.4 Å². The van der Waals surface area contributed by atoms with Gasteiger partial charge >= 0.3 is 5.97 Å². The third-order valence-electron chi connectivity index (χ3n) is 6.38. The second-order valence-corrected chi connectivity index (χ2v) is 9.99. The fourth-order valence-corrected chi connectivity index (χ4v) is 4.61. The Bertz CT molecular complexity index is 948. The van der Waals surface area contributed by atoms with E-state index < -0.39 is 11.5 Å². The van der Waals surface area contributed by atoms with Gasteiger partial charge in [0, 0.05) is 10.0 Å². The summed E-state index contributed by atoms with van der Waals surface area (Å²) < 4.78 is 5.49. The third kappa shape index (κ3) is 8.12. The van der Waals surface area contributed by atoms with E-state index in [0.29, 0.717) is 24.5 Å². The highest BCUT2D eigenvalue weighted by molar-refractivity contribution is 6.30. The Morgan fingerprint density at radius 3 is 2.29 bits per heavy atom. The van der Waals surface area contributed by atoms with Crippen molar-refractivity contribution < 1.29 is 14.3 Å². The van der Waals surface area contributed by atoms with Crippen LogP contribution in [0, 0.1) is 5.41 Å². The van der Waals surface area contributed by atoms with Gasteiger partial charge in [-0.05, 0) is 61.9 Å². The first-order chi connectivity index (χ1) is 16.8. The van der Waals surface area contributed by atoms with Crippen LogP contribution >= 0.6 is 23.2 Å². The van der Waals surface area contributed by atoms with Gasteiger partial charge in [0.25, 0.3) is 0 Å². The molecule has 0 aliphatic carbocycles. The van der Waals surface area contributed by atoms with E-state index in [0.717, 1.165) is 36.3 Å². The lowest BCUT2D eigenvalue weighted by atomic mass is 9.74. The number of nitrogens with zero attached hydrogens (tertiary/aromatic N) is 1. The Labute approximate surface area is 220 Å². The number of rotatable bonds is 9. The predicted molar refractivity (Wildman–Crippen MR) is 145 cm³/mol. The molecular weight excluding hydrogens is 481 g/mol. The average molecular weight is 519 g/mol. The number of carbonyl (C=O) groups excluding carboxylic acids is 2. The van der Waals surface area contributed by atoms with Gasteiger partial charge in [0.05, 0.1) is 18.1 Å². The van der Waals surface area contributed by atoms with Gasteiger partial charge in [0.2, 0.25) is 5.91 Å². The van der Waals surface area contributed by atoms with E-state index in [9.17, 15) is 9.59 Å². The van der Waals surface area contributed by atoms with Crippen LogP contribution in [0.5, 0.6) is 0 Å². The maximum Gasteiger partial charge on any atom is 0.328 e. The van der Waals surface area contributed by atoms with Gasteiger partial charge in [-0.2, -0.15) is 0 Å². The first-order valence-corrected chi connectivity index (χ1v) is 13.1. The van der Waals surface area contributed by atoms with E-state index in [1.54, 1.807) is 11.0 Å². The molecule has 1 amide bonds. The molecule has 0 bridgehead atoms. The van der Waals surface area contributed by atoms with Crippen LogP contribution in [0.1, 0.15) is 70.9 Å². The summed E-state index contributed by atoms with van der Waals surface area (Å²) in [4.78, 5) is 28.2. The summed E-state index contributed by atoms with van der Waals surface area (Å²) in [5, 5.41) is 1.45. The Morgan fingerprint density at radius 2 is 1.77 bits per heavy atom. The van der Waals surface area contributed by atoms with E-state index >= 15 is 0 Å². The summed E-state index contributed by atoms with van der Waals surface area (Å²) in [5.41, 5.74) is 0.458. The molecule has 0 N–H and O–H groups in total. The minimum absolute atomic E-state index is 0.00195. The molecule has 0 aromatic heterocycles. The Balaban J connectivity index is 0.000000527. The number of allylic oxidation sites excluding steroid dienone is 1. The lowest BCUT2D eigenvalue weighted by Gasteiger charge is -2.47. The molecular formula is C29H37Cl2NO3. The number of piperidine rings is 1. The molecule has 0 spiro atoms. The molecule has 2 aromatic carbocycles. The summed E-state index contributed by atoms with van der Waals surface area (Å²) in [6.07, 6.45) is 6.23. The van der Waals surface area contributed by atoms with E-state index in [2.05, 4.69) is 13.5 Å². The molecule has 1 fully saturated rings. The number of benzene rings is 2. The summed E-state index contributed by atoms with van der Waals surface area (Å²) in [5.74, 6) is -0.316. The van der Waals surface area contributed by atoms with Crippen molar-refractivity contribution in [2.75, 3.05) is 6.61 Å². The van der Waals surface area contributed by atoms with Crippen LogP contribution in [-0.4, -0.2) is 29.4 Å². The molecule has 1 saturated heterocycles. The fraction of sp³-hybridized carbons (Fsp3) is 0.448. The predicted octanol–water partition coefficient (Wildman–Crippen LogP) is 8.05. The van der Waals surface area contributed by atoms with Gasteiger partial charge in [-0.3, -0.25) is 4.79 Å². The second-order valence-electron chi connectivity index (χ2n) is 9.11. The summed E-state index contributed by atoms with van der Waals surface area (Å²) in [6, 6.07) is 16.2. The highest BCUT2D eigenvalue weighted by atomic mass is 35.5. The quantitative estimate of drug-likeness (QED) is 0.192. The van der Waals surface area contributed by atoms with E-state index in [4.69, 9.17) is 27.9 Å². The van der Waals surface area contributed by atoms with E-state index in [1.165, 1.54) is 0 Å². The number of hydrogen-bond acceptors (Lipinski definition) is 3. The summed E-state index contributed by atoms with van der Waals surface area (Å²) in [6.45, 7) is 10.2. The molecule has 3 atom stereocenters. The number of unbranched alkanes of at least 4 members (excludes halogenated alkanes) is 1. The van der Waals surface area contributed by atoms with Gasteiger partial charge in [-0.1, -0.05) is 86.8 Å². The number of carbonyl (C=O) groups is 2. The number of likely N-dealkylation sites (tertiary alicyclic amines) is 1. The molecule has 190 valence electrons. The minimum Gasteiger partial charge on any atom is -0.464 e. The van der Waals surface area contributed by atoms with Crippen LogP contribution in [0.15, 0.2) is 67.3 Å². The maximum atomic E-state index is 13.6. The second kappa shape index (κ2) is 14.3. The van der Waals surface area contributed by atoms with Crippen molar-refractivity contribution >= 4 is 35.1 Å². The van der Waals surface area contributed by atoms with Crippen LogP contribution in [0.2, 0.25) is 10.0 Å². The molecule has 6 heteroatoms. The van der Waals surface area contributed by atoms with Crippen molar-refractivity contribution in [3.05, 3.63) is 82.9 Å². The monoisotopic (exact) mass is 517 g/mol. The molecule has 2 aromatic rings. The number of ether oxygens (including phenoxy) is 1. The fourth-order valence-electron chi connectivity index (χ4n) is 4.34. The molecule has 3 rings (SSSR count). The summed E-state index contributed by atoms with van der Waals surface area (Å²) in [7, 11) is 0. The van der Waals surface area contributed by atoms with Gasteiger partial charge < -0.3 is 9.64 Å². The first-order valence-electron chi connectivity index (χ1n) is 12.3. The van der Waals surface area contributed by atoms with E-state index in [-0.39, 0.29) is 17.9 Å². The van der Waals surface area contributed by atoms with Crippen LogP contribution in [-0.2, 0) is 14.3 Å². The van der Waals surface area contributed by atoms with Crippen molar-refractivity contribution in [1.29, 1.82) is 0 Å². The zero-order valence-corrected chi connectivity index (χ0v) is 22.5. The van der Waals surface area contributed by atoms with Crippen LogP contribution in [0.4, 0.5) is 0 Å². The number of hydrogen-bond donors (Lipinski definition) is 0. The van der Waals surface area contributed by atoms with Crippen molar-refractivity contribution in [3.63, 3.8) is 0 Å². The minimum atomic E-state index is -0.588. The molecule has 1 aliphatic heterocycles. The topological polar surface area (TPSA) is 46.6 Å². The van der Waals surface area contributed by atoms with Crippen LogP contribution in [0.25, 0.3) is 0 Å². The van der Waals surface area contributed by atoms with Gasteiger partial charge in [-0.15, -0.1) is 6.58 Å². The molecule has 4 nitrogen and oxygen atoms in total. The molecule has 1 aliphatic rings. The van der Waals surface area contributed by atoms with Gasteiger partial charge in [0.15, 0.2) is 0 Å². The lowest BCUT2D eigenvalue weighted by molar-refractivity contribution is -0.165. The number of esters is 1. The molecule has 35 heavy (non-hydrogen) atoms. The molecule has 2 unspecified atom stereocenters. The van der Waals surface area contributed by atoms with Crippen molar-refractivity contribution in [2.45, 2.75) is 71.4 Å². The molecule has 0 radical (unpaired) electrons. The van der Waals surface area contributed by atoms with Gasteiger partial charge in [-0.25, -0.2) is 4.79 Å². The van der Waals surface area contributed by atoms with Crippen LogP contribution in [0.3, 0.4) is 0 Å². The standard InChI is InChI=1S/C23H32ClNO3.C6H5Cl/c1-5-8-16-28-21(26)19(7-3)25-20(17-9-11-18(24)12-10-17)13-15-23(4,14-6-2)22(25)27;7-6-4-2-1-3-5-6/h6,9-12,19-20H,2,5,7-8,13-16H2,1,3-4H3;1-5H/t19?,20-,23?;/m0./s1. The van der Waals surface area contributed by atoms with Crippen molar-refractivity contribution in [3.8, 4) is 0 Å². The van der Waals surface area contributed by atoms with Crippen molar-refractivity contribution in [1.82, 2.24) is 4.90 Å². The Kier molecular flexibility index (Phi) is 11.8. The van der Waals surface area contributed by atoms with Crippen LogP contribution < -0.4 is 0 Å². The lowest BCUT2D eigenvalue weighted by Crippen LogP contribution is -2.55. The first kappa shape index (κ1) is 28.9. The Morgan fingerprint density at radius 1 is 1.14 bits per heavy atom. The highest BCUT2D eigenvalue weighted by Crippen LogP contribution is 2.44. The SMILES string of the molecule is C=CCC1(C)CC[C@@H](c2ccc(Cl)cc2)N(C(CC)C(=O)OCCCC)C1=O.Clc1ccccc1. The maximum absolute atomic E-state index is 13.6. The largest absolute Gasteiger partial charge is 0.464 e. The molecule has 1 heterocycles. The normalized spacial score (nSPS) is 20.4. The molecule has 0 saturated carbocycles. The van der Waals surface area contributed by atoms with Gasteiger partial charge in [0.1, 0.15) is 6.04 Å². The third-order valence-corrected chi connectivity index (χ3v) is 6.88.